The number of hydrogen-bond donors (Lipinski definition) is 1. The lowest BCUT2D eigenvalue weighted by atomic mass is 10.2. The van der Waals surface area contributed by atoms with Crippen molar-refractivity contribution >= 4 is 41.1 Å². The fraction of sp³-hybridized carbons (Fsp3) is 0.273. The Kier molecular flexibility index (Phi) is 7.37. The molecular formula is C22H22N2O7S. The second-order valence-electron chi connectivity index (χ2n) is 6.82. The number of amides is 3. The molecule has 3 amide bonds. The van der Waals surface area contributed by atoms with E-state index >= 15 is 0 Å². The molecule has 1 unspecified atom stereocenters. The molecule has 2 aromatic rings. The zero-order valence-electron chi connectivity index (χ0n) is 17.7. The van der Waals surface area contributed by atoms with E-state index in [9.17, 15) is 19.2 Å². The lowest BCUT2D eigenvalue weighted by molar-refractivity contribution is -0.136. The summed E-state index contributed by atoms with van der Waals surface area (Å²) in [5, 5.41) is 2.01. The minimum absolute atomic E-state index is 0.0653. The predicted octanol–water partition coefficient (Wildman–Crippen LogP) is 2.35. The van der Waals surface area contributed by atoms with Crippen molar-refractivity contribution in [2.75, 3.05) is 33.2 Å². The number of carbonyl (C=O) groups excluding carboxylic acids is 4. The Balaban J connectivity index is 1.63. The number of nitrogens with zero attached hydrogens (tertiary/aromatic N) is 1. The van der Waals surface area contributed by atoms with E-state index in [2.05, 4.69) is 5.32 Å². The van der Waals surface area contributed by atoms with Crippen LogP contribution in [0.5, 0.6) is 11.5 Å². The molecule has 1 aliphatic heterocycles. The van der Waals surface area contributed by atoms with Gasteiger partial charge in [0.25, 0.3) is 5.91 Å². The number of likely N-dealkylation sites (tertiary alicyclic amines) is 1. The van der Waals surface area contributed by atoms with Crippen molar-refractivity contribution in [2.24, 2.45) is 0 Å². The summed E-state index contributed by atoms with van der Waals surface area (Å²) in [6, 6.07) is 11.4. The minimum Gasteiger partial charge on any atom is -0.497 e. The number of benzene rings is 2. The normalized spacial score (nSPS) is 15.5. The summed E-state index contributed by atoms with van der Waals surface area (Å²) in [5.74, 6) is -0.843. The zero-order chi connectivity index (χ0) is 23.3. The van der Waals surface area contributed by atoms with E-state index in [0.717, 1.165) is 16.7 Å². The van der Waals surface area contributed by atoms with Crippen LogP contribution in [0.4, 0.5) is 5.69 Å². The number of imide groups is 1. The van der Waals surface area contributed by atoms with Crippen LogP contribution < -0.4 is 14.8 Å². The lowest BCUT2D eigenvalue weighted by Gasteiger charge is -2.13. The molecule has 168 valence electrons. The monoisotopic (exact) mass is 458 g/mol. The Morgan fingerprint density at radius 3 is 2.34 bits per heavy atom. The lowest BCUT2D eigenvalue weighted by Crippen LogP contribution is -2.26. The van der Waals surface area contributed by atoms with Crippen molar-refractivity contribution < 1.29 is 33.4 Å². The Hall–Kier alpha value is -3.53. The molecule has 0 aromatic heterocycles. The van der Waals surface area contributed by atoms with Gasteiger partial charge in [-0.15, -0.1) is 11.8 Å². The van der Waals surface area contributed by atoms with E-state index in [1.807, 2.05) is 0 Å². The van der Waals surface area contributed by atoms with Crippen LogP contribution in [0.15, 0.2) is 47.4 Å². The van der Waals surface area contributed by atoms with Crippen molar-refractivity contribution in [3.63, 3.8) is 0 Å². The van der Waals surface area contributed by atoms with Crippen LogP contribution in [0, 0.1) is 0 Å². The van der Waals surface area contributed by atoms with Crippen LogP contribution in [-0.2, 0) is 19.1 Å². The third kappa shape index (κ3) is 5.38. The highest BCUT2D eigenvalue weighted by Crippen LogP contribution is 2.33. The second kappa shape index (κ2) is 10.2. The molecule has 2 aromatic carbocycles. The van der Waals surface area contributed by atoms with Gasteiger partial charge in [-0.3, -0.25) is 19.3 Å². The highest BCUT2D eigenvalue weighted by molar-refractivity contribution is 8.00. The smallest absolute Gasteiger partial charge is 0.339 e. The van der Waals surface area contributed by atoms with E-state index in [4.69, 9.17) is 14.2 Å². The molecule has 9 nitrogen and oxygen atoms in total. The van der Waals surface area contributed by atoms with Gasteiger partial charge in [0.2, 0.25) is 11.8 Å². The summed E-state index contributed by atoms with van der Waals surface area (Å²) in [7, 11) is 4.41. The number of esters is 1. The Morgan fingerprint density at radius 2 is 1.75 bits per heavy atom. The first-order chi connectivity index (χ1) is 15.3. The zero-order valence-corrected chi connectivity index (χ0v) is 18.6. The number of hydrogen-bond acceptors (Lipinski definition) is 8. The number of methoxy groups -OCH3 is 2. The van der Waals surface area contributed by atoms with Crippen molar-refractivity contribution in [2.45, 2.75) is 16.6 Å². The van der Waals surface area contributed by atoms with Crippen molar-refractivity contribution in [1.29, 1.82) is 0 Å². The van der Waals surface area contributed by atoms with Gasteiger partial charge < -0.3 is 19.5 Å². The SMILES string of the molecule is COc1cc(NC(=O)COC(=O)c2ccccc2SC2CC(=O)N(C)C2=O)cc(OC)c1. The van der Waals surface area contributed by atoms with Gasteiger partial charge >= 0.3 is 5.97 Å². The Labute approximate surface area is 189 Å². The molecule has 0 saturated carbocycles. The van der Waals surface area contributed by atoms with Gasteiger partial charge in [0, 0.05) is 42.3 Å². The van der Waals surface area contributed by atoms with Crippen LogP contribution in [-0.4, -0.2) is 61.7 Å². The topological polar surface area (TPSA) is 111 Å². The first-order valence-corrected chi connectivity index (χ1v) is 10.5. The van der Waals surface area contributed by atoms with Crippen LogP contribution >= 0.6 is 11.8 Å². The summed E-state index contributed by atoms with van der Waals surface area (Å²) in [5.41, 5.74) is 0.634. The molecule has 0 spiro atoms. The molecule has 1 fully saturated rings. The van der Waals surface area contributed by atoms with E-state index in [-0.39, 0.29) is 23.8 Å². The van der Waals surface area contributed by atoms with E-state index in [1.54, 1.807) is 42.5 Å². The van der Waals surface area contributed by atoms with Crippen molar-refractivity contribution in [1.82, 2.24) is 4.90 Å². The molecule has 1 N–H and O–H groups in total. The number of ether oxygens (including phenoxy) is 3. The number of nitrogens with one attached hydrogen (secondary N) is 1. The first kappa shape index (κ1) is 23.1. The molecule has 0 bridgehead atoms. The fourth-order valence-corrected chi connectivity index (χ4v) is 4.22. The van der Waals surface area contributed by atoms with Crippen LogP contribution in [0.2, 0.25) is 0 Å². The summed E-state index contributed by atoms with van der Waals surface area (Å²) in [6.07, 6.45) is 0.0653. The number of thioether (sulfide) groups is 1. The molecular weight excluding hydrogens is 436 g/mol. The molecule has 1 heterocycles. The van der Waals surface area contributed by atoms with E-state index in [1.165, 1.54) is 21.3 Å². The maximum atomic E-state index is 12.6. The predicted molar refractivity (Wildman–Crippen MR) is 117 cm³/mol. The molecule has 1 saturated heterocycles. The summed E-state index contributed by atoms with van der Waals surface area (Å²) >= 11 is 1.13. The van der Waals surface area contributed by atoms with Crippen LogP contribution in [0.1, 0.15) is 16.8 Å². The molecule has 3 rings (SSSR count). The van der Waals surface area contributed by atoms with Gasteiger partial charge in [-0.05, 0) is 12.1 Å². The maximum absolute atomic E-state index is 12.6. The highest BCUT2D eigenvalue weighted by atomic mass is 32.2. The van der Waals surface area contributed by atoms with Gasteiger partial charge in [-0.25, -0.2) is 4.79 Å². The third-order valence-corrected chi connectivity index (χ3v) is 5.95. The molecule has 1 atom stereocenters. The summed E-state index contributed by atoms with van der Waals surface area (Å²) < 4.78 is 15.5. The quantitative estimate of drug-likeness (QED) is 0.474. The van der Waals surface area contributed by atoms with Crippen molar-refractivity contribution in [3.05, 3.63) is 48.0 Å². The standard InChI is InChI=1S/C22H22N2O7S/c1-24-20(26)11-18(21(24)27)32-17-7-5-4-6-16(17)22(28)31-12-19(25)23-13-8-14(29-2)10-15(9-13)30-3/h4-10,18H,11-12H2,1-3H3,(H,23,25). The van der Waals surface area contributed by atoms with Gasteiger partial charge in [-0.1, -0.05) is 12.1 Å². The average molecular weight is 458 g/mol. The van der Waals surface area contributed by atoms with Crippen LogP contribution in [0.3, 0.4) is 0 Å². The molecule has 0 radical (unpaired) electrons. The van der Waals surface area contributed by atoms with Crippen molar-refractivity contribution in [3.8, 4) is 11.5 Å². The first-order valence-electron chi connectivity index (χ1n) is 9.58. The molecule has 0 aliphatic carbocycles. The van der Waals surface area contributed by atoms with Gasteiger partial charge in [0.1, 0.15) is 11.5 Å². The van der Waals surface area contributed by atoms with E-state index < -0.39 is 23.7 Å². The largest absolute Gasteiger partial charge is 0.497 e. The second-order valence-corrected chi connectivity index (χ2v) is 8.07. The Morgan fingerprint density at radius 1 is 1.09 bits per heavy atom. The van der Waals surface area contributed by atoms with Gasteiger partial charge in [-0.2, -0.15) is 0 Å². The van der Waals surface area contributed by atoms with Gasteiger partial charge in [0.05, 0.1) is 25.0 Å². The molecule has 10 heteroatoms. The van der Waals surface area contributed by atoms with Gasteiger partial charge in [0.15, 0.2) is 6.61 Å². The number of rotatable bonds is 8. The summed E-state index contributed by atoms with van der Waals surface area (Å²) in [6.45, 7) is -0.513. The Bertz CT molecular complexity index is 1030. The highest BCUT2D eigenvalue weighted by Gasteiger charge is 2.37. The summed E-state index contributed by atoms with van der Waals surface area (Å²) in [4.78, 5) is 50.4. The molecule has 32 heavy (non-hydrogen) atoms. The minimum atomic E-state index is -0.711. The third-order valence-electron chi connectivity index (χ3n) is 4.69. The van der Waals surface area contributed by atoms with E-state index in [0.29, 0.717) is 22.1 Å². The maximum Gasteiger partial charge on any atom is 0.339 e. The number of anilines is 1. The average Bonchev–Trinajstić information content (AvgIpc) is 3.03. The fourth-order valence-electron chi connectivity index (χ4n) is 2.99. The number of carbonyl (C=O) groups is 4. The van der Waals surface area contributed by atoms with Crippen LogP contribution in [0.25, 0.3) is 0 Å². The molecule has 1 aliphatic rings.